The molecule has 29 heavy (non-hydrogen) atoms. The summed E-state index contributed by atoms with van der Waals surface area (Å²) in [5, 5.41) is 0.810. The van der Waals surface area contributed by atoms with Crippen molar-refractivity contribution < 1.29 is 9.53 Å². The van der Waals surface area contributed by atoms with E-state index in [-0.39, 0.29) is 17.6 Å². The number of likely N-dealkylation sites (N-methyl/N-ethyl adjacent to an activating group) is 1. The molecule has 4 rings (SSSR count). The van der Waals surface area contributed by atoms with Gasteiger partial charge in [-0.25, -0.2) is 0 Å². The summed E-state index contributed by atoms with van der Waals surface area (Å²) in [7, 11) is 2.19. The molecular formula is C23H30ClN3O2. The van der Waals surface area contributed by atoms with Gasteiger partial charge in [-0.2, -0.15) is 0 Å². The zero-order valence-corrected chi connectivity index (χ0v) is 18.5. The number of hydrogen-bond acceptors (Lipinski definition) is 3. The van der Waals surface area contributed by atoms with Crippen molar-refractivity contribution in [1.29, 1.82) is 0 Å². The maximum atomic E-state index is 13.1. The Balaban J connectivity index is 1.50. The molecule has 1 saturated heterocycles. The van der Waals surface area contributed by atoms with Crippen molar-refractivity contribution in [3.63, 3.8) is 0 Å². The Morgan fingerprint density at radius 3 is 2.48 bits per heavy atom. The number of amides is 1. The number of benzene rings is 1. The minimum atomic E-state index is -0.0347. The van der Waals surface area contributed by atoms with Crippen LogP contribution in [0.4, 0.5) is 0 Å². The molecule has 0 unspecified atom stereocenters. The molecule has 1 spiro atoms. The first-order chi connectivity index (χ1) is 13.8. The van der Waals surface area contributed by atoms with E-state index in [2.05, 4.69) is 22.6 Å². The molecule has 0 radical (unpaired) electrons. The molecule has 1 aromatic heterocycles. The first-order valence-corrected chi connectivity index (χ1v) is 10.8. The van der Waals surface area contributed by atoms with Gasteiger partial charge in [0.15, 0.2) is 0 Å². The molecule has 0 aliphatic carbocycles. The maximum Gasteiger partial charge on any atom is 0.253 e. The molecule has 1 amide bonds. The van der Waals surface area contributed by atoms with E-state index in [0.29, 0.717) is 0 Å². The van der Waals surface area contributed by atoms with Gasteiger partial charge in [-0.05, 0) is 76.6 Å². The Bertz CT molecular complexity index is 913. The number of ether oxygens (including phenoxy) is 1. The molecule has 0 saturated carbocycles. The smallest absolute Gasteiger partial charge is 0.253 e. The normalized spacial score (nSPS) is 18.9. The van der Waals surface area contributed by atoms with Crippen LogP contribution in [0.1, 0.15) is 48.3 Å². The lowest BCUT2D eigenvalue weighted by Crippen LogP contribution is -2.56. The number of aryl methyl sites for hydroxylation is 1. The average Bonchev–Trinajstić information content (AvgIpc) is 3.08. The minimum Gasteiger partial charge on any atom is -0.491 e. The number of carbonyl (C=O) groups excluding carboxylic acids is 1. The third kappa shape index (κ3) is 3.55. The number of hydrogen-bond donors (Lipinski definition) is 0. The zero-order valence-electron chi connectivity index (χ0n) is 17.7. The van der Waals surface area contributed by atoms with E-state index >= 15 is 0 Å². The quantitative estimate of drug-likeness (QED) is 0.749. The molecule has 1 aromatic carbocycles. The molecule has 3 heterocycles. The molecular weight excluding hydrogens is 386 g/mol. The van der Waals surface area contributed by atoms with Gasteiger partial charge in [-0.1, -0.05) is 11.6 Å². The van der Waals surface area contributed by atoms with E-state index in [1.807, 2.05) is 49.9 Å². The molecule has 2 aliphatic rings. The van der Waals surface area contributed by atoms with Crippen molar-refractivity contribution in [3.8, 4) is 5.75 Å². The Labute approximate surface area is 178 Å². The van der Waals surface area contributed by atoms with Gasteiger partial charge in [-0.3, -0.25) is 9.69 Å². The van der Waals surface area contributed by atoms with E-state index in [0.717, 1.165) is 61.1 Å². The second-order valence-electron chi connectivity index (χ2n) is 8.59. The third-order valence-electron chi connectivity index (χ3n) is 6.46. The molecule has 0 bridgehead atoms. The van der Waals surface area contributed by atoms with Gasteiger partial charge in [0.2, 0.25) is 0 Å². The van der Waals surface area contributed by atoms with Crippen LogP contribution in [0, 0.1) is 6.92 Å². The van der Waals surface area contributed by atoms with Gasteiger partial charge in [0.25, 0.3) is 5.91 Å². The Kier molecular flexibility index (Phi) is 5.38. The predicted octanol–water partition coefficient (Wildman–Crippen LogP) is 4.31. The highest BCUT2D eigenvalue weighted by molar-refractivity contribution is 6.29. The number of rotatable bonds is 3. The van der Waals surface area contributed by atoms with Crippen LogP contribution < -0.4 is 4.74 Å². The number of aromatic nitrogens is 1. The van der Waals surface area contributed by atoms with Crippen molar-refractivity contribution in [2.75, 3.05) is 26.7 Å². The summed E-state index contributed by atoms with van der Waals surface area (Å²) in [6.07, 6.45) is 1.96. The van der Waals surface area contributed by atoms with Crippen LogP contribution >= 0.6 is 11.6 Å². The first kappa shape index (κ1) is 20.3. The van der Waals surface area contributed by atoms with Crippen LogP contribution in [-0.2, 0) is 12.1 Å². The summed E-state index contributed by atoms with van der Waals surface area (Å²) in [6, 6.07) is 9.90. The standard InChI is InChI=1S/C23H30ClN3O2/c1-16(2)29-19-6-5-18(15-17(19)3)22(28)26-11-9-23(10-12-26)20-7-8-21(24)27(20)14-13-25(23)4/h5-8,15-16H,9-14H2,1-4H3. The number of piperidine rings is 1. The highest BCUT2D eigenvalue weighted by Crippen LogP contribution is 2.42. The van der Waals surface area contributed by atoms with E-state index < -0.39 is 0 Å². The first-order valence-electron chi connectivity index (χ1n) is 10.5. The lowest BCUT2D eigenvalue weighted by atomic mass is 9.81. The number of carbonyl (C=O) groups is 1. The molecule has 1 fully saturated rings. The second kappa shape index (κ2) is 7.69. The van der Waals surface area contributed by atoms with Gasteiger partial charge in [0.1, 0.15) is 10.9 Å². The summed E-state index contributed by atoms with van der Waals surface area (Å²) in [6.45, 7) is 9.40. The number of nitrogens with zero attached hydrogens (tertiary/aromatic N) is 3. The van der Waals surface area contributed by atoms with Gasteiger partial charge < -0.3 is 14.2 Å². The van der Waals surface area contributed by atoms with Crippen LogP contribution in [0.15, 0.2) is 30.3 Å². The summed E-state index contributed by atoms with van der Waals surface area (Å²) in [5.74, 6) is 0.946. The third-order valence-corrected chi connectivity index (χ3v) is 6.79. The van der Waals surface area contributed by atoms with E-state index in [4.69, 9.17) is 16.3 Å². The number of fused-ring (bicyclic) bond motifs is 2. The molecule has 2 aliphatic heterocycles. The van der Waals surface area contributed by atoms with Crippen molar-refractivity contribution in [2.45, 2.75) is 51.8 Å². The molecule has 6 heteroatoms. The van der Waals surface area contributed by atoms with E-state index in [9.17, 15) is 4.79 Å². The topological polar surface area (TPSA) is 37.7 Å². The minimum absolute atomic E-state index is 0.0347. The van der Waals surface area contributed by atoms with Gasteiger partial charge in [0, 0.05) is 37.4 Å². The average molecular weight is 416 g/mol. The zero-order chi connectivity index (χ0) is 20.8. The van der Waals surface area contributed by atoms with Gasteiger partial charge in [-0.15, -0.1) is 0 Å². The SMILES string of the molecule is Cc1cc(C(=O)N2CCC3(CC2)c2ccc(Cl)n2CCN3C)ccc1OC(C)C. The van der Waals surface area contributed by atoms with Crippen LogP contribution in [0.5, 0.6) is 5.75 Å². The van der Waals surface area contributed by atoms with Crippen molar-refractivity contribution >= 4 is 17.5 Å². The fourth-order valence-corrected chi connectivity index (χ4v) is 5.04. The maximum absolute atomic E-state index is 13.1. The lowest BCUT2D eigenvalue weighted by Gasteiger charge is -2.50. The summed E-state index contributed by atoms with van der Waals surface area (Å²) in [4.78, 5) is 17.6. The van der Waals surface area contributed by atoms with Crippen molar-refractivity contribution in [1.82, 2.24) is 14.4 Å². The van der Waals surface area contributed by atoms with Crippen LogP contribution in [0.2, 0.25) is 5.15 Å². The largest absolute Gasteiger partial charge is 0.491 e. The molecule has 2 aromatic rings. The predicted molar refractivity (Wildman–Crippen MR) is 116 cm³/mol. The van der Waals surface area contributed by atoms with Crippen LogP contribution in [0.3, 0.4) is 0 Å². The Morgan fingerprint density at radius 2 is 1.83 bits per heavy atom. The Morgan fingerprint density at radius 1 is 1.10 bits per heavy atom. The lowest BCUT2D eigenvalue weighted by molar-refractivity contribution is 0.0131. The highest BCUT2D eigenvalue weighted by atomic mass is 35.5. The Hall–Kier alpha value is -1.98. The highest BCUT2D eigenvalue weighted by Gasteiger charge is 2.44. The van der Waals surface area contributed by atoms with Crippen molar-refractivity contribution in [3.05, 3.63) is 52.3 Å². The van der Waals surface area contributed by atoms with Crippen LogP contribution in [-0.4, -0.2) is 53.1 Å². The van der Waals surface area contributed by atoms with E-state index in [1.165, 1.54) is 5.69 Å². The van der Waals surface area contributed by atoms with Gasteiger partial charge >= 0.3 is 0 Å². The van der Waals surface area contributed by atoms with Gasteiger partial charge in [0.05, 0.1) is 11.6 Å². The number of halogens is 1. The molecule has 5 nitrogen and oxygen atoms in total. The summed E-state index contributed by atoms with van der Waals surface area (Å²) in [5.41, 5.74) is 2.98. The summed E-state index contributed by atoms with van der Waals surface area (Å²) < 4.78 is 8.04. The van der Waals surface area contributed by atoms with Crippen molar-refractivity contribution in [2.24, 2.45) is 0 Å². The fraction of sp³-hybridized carbons (Fsp3) is 0.522. The summed E-state index contributed by atoms with van der Waals surface area (Å²) >= 11 is 6.40. The molecule has 156 valence electrons. The fourth-order valence-electron chi connectivity index (χ4n) is 4.80. The van der Waals surface area contributed by atoms with E-state index in [1.54, 1.807) is 0 Å². The van der Waals surface area contributed by atoms with Crippen LogP contribution in [0.25, 0.3) is 0 Å². The number of likely N-dealkylation sites (tertiary alicyclic amines) is 1. The molecule has 0 atom stereocenters. The second-order valence-corrected chi connectivity index (χ2v) is 8.97. The molecule has 0 N–H and O–H groups in total. The monoisotopic (exact) mass is 415 g/mol.